The number of methoxy groups -OCH3 is 1. The first kappa shape index (κ1) is 28.3. The van der Waals surface area contributed by atoms with E-state index in [0.29, 0.717) is 28.1 Å². The zero-order valence-corrected chi connectivity index (χ0v) is 21.5. The number of nitrogens with one attached hydrogen (secondary N) is 1. The van der Waals surface area contributed by atoms with E-state index >= 15 is 0 Å². The van der Waals surface area contributed by atoms with Gasteiger partial charge < -0.3 is 24.8 Å². The van der Waals surface area contributed by atoms with Crippen LogP contribution >= 0.6 is 0 Å². The van der Waals surface area contributed by atoms with Gasteiger partial charge in [0.1, 0.15) is 17.3 Å². The number of carboxylic acids is 1. The third-order valence-electron chi connectivity index (χ3n) is 5.84. The van der Waals surface area contributed by atoms with Crippen LogP contribution in [0.5, 0.6) is 11.5 Å². The number of aromatic nitrogens is 1. The maximum atomic E-state index is 12.9. The Morgan fingerprint density at radius 3 is 2.32 bits per heavy atom. The molecule has 0 aliphatic rings. The van der Waals surface area contributed by atoms with Crippen LogP contribution in [0, 0.1) is 0 Å². The second-order valence-corrected chi connectivity index (χ2v) is 9.22. The van der Waals surface area contributed by atoms with E-state index in [1.54, 1.807) is 50.6 Å². The van der Waals surface area contributed by atoms with E-state index in [-0.39, 0.29) is 29.5 Å². The van der Waals surface area contributed by atoms with E-state index in [0.717, 1.165) is 0 Å². The van der Waals surface area contributed by atoms with Crippen LogP contribution in [0.15, 0.2) is 54.7 Å². The predicted molar refractivity (Wildman–Crippen MR) is 135 cm³/mol. The van der Waals surface area contributed by atoms with Gasteiger partial charge in [0, 0.05) is 38.0 Å². The molecule has 1 heterocycles. The zero-order chi connectivity index (χ0) is 28.3. The molecule has 3 aromatic rings. The number of carbonyl (C=O) groups is 2. The third-order valence-corrected chi connectivity index (χ3v) is 5.84. The molecule has 2 aromatic carbocycles. The molecule has 11 heteroatoms. The Hall–Kier alpha value is -4.28. The van der Waals surface area contributed by atoms with Gasteiger partial charge in [0.15, 0.2) is 0 Å². The van der Waals surface area contributed by atoms with Gasteiger partial charge in [-0.2, -0.15) is 0 Å². The molecule has 0 fully saturated rings. The average molecular weight is 532 g/mol. The number of hydrogen-bond donors (Lipinski definition) is 2. The van der Waals surface area contributed by atoms with E-state index < -0.39 is 17.7 Å². The number of pyridine rings is 1. The Morgan fingerprint density at radius 2 is 1.76 bits per heavy atom. The number of hydrogen-bond acceptors (Lipinski definition) is 6. The van der Waals surface area contributed by atoms with Crippen LogP contribution in [-0.2, 0) is 16.8 Å². The van der Waals surface area contributed by atoms with E-state index in [1.807, 2.05) is 0 Å². The molecule has 0 unspecified atom stereocenters. The minimum Gasteiger partial charge on any atom is -0.496 e. The summed E-state index contributed by atoms with van der Waals surface area (Å²) in [5.74, 6) is -1.11. The van der Waals surface area contributed by atoms with Crippen LogP contribution in [0.4, 0.5) is 19.0 Å². The number of benzene rings is 2. The second-order valence-electron chi connectivity index (χ2n) is 9.22. The van der Waals surface area contributed by atoms with Crippen LogP contribution < -0.4 is 14.8 Å². The summed E-state index contributed by atoms with van der Waals surface area (Å²) in [6.07, 6.45) is -3.23. The van der Waals surface area contributed by atoms with E-state index in [2.05, 4.69) is 15.0 Å². The molecule has 0 saturated carbocycles. The van der Waals surface area contributed by atoms with Crippen LogP contribution in [0.25, 0.3) is 11.1 Å². The number of carboxylic acid groups (broad SMARTS) is 1. The average Bonchev–Trinajstić information content (AvgIpc) is 2.85. The van der Waals surface area contributed by atoms with Gasteiger partial charge >= 0.3 is 12.3 Å². The summed E-state index contributed by atoms with van der Waals surface area (Å²) in [6.45, 7) is 3.25. The zero-order valence-electron chi connectivity index (χ0n) is 21.5. The Bertz CT molecular complexity index is 1320. The number of nitrogens with zero attached hydrogens (tertiary/aromatic N) is 2. The minimum atomic E-state index is -4.78. The molecule has 0 spiro atoms. The van der Waals surface area contributed by atoms with Crippen molar-refractivity contribution in [1.29, 1.82) is 0 Å². The molecule has 1 aromatic heterocycles. The van der Waals surface area contributed by atoms with E-state index in [4.69, 9.17) is 4.74 Å². The van der Waals surface area contributed by atoms with Crippen molar-refractivity contribution in [1.82, 2.24) is 9.88 Å². The largest absolute Gasteiger partial charge is 0.573 e. The summed E-state index contributed by atoms with van der Waals surface area (Å²) in [6, 6.07) is 12.3. The van der Waals surface area contributed by atoms with Gasteiger partial charge in [-0.3, -0.25) is 9.59 Å². The lowest BCUT2D eigenvalue weighted by Gasteiger charge is -2.26. The Morgan fingerprint density at radius 1 is 1.05 bits per heavy atom. The first-order valence-corrected chi connectivity index (χ1v) is 11.5. The lowest BCUT2D eigenvalue weighted by molar-refractivity contribution is -0.274. The van der Waals surface area contributed by atoms with Gasteiger partial charge in [-0.25, -0.2) is 4.98 Å². The molecule has 0 atom stereocenters. The highest BCUT2D eigenvalue weighted by atomic mass is 19.4. The van der Waals surface area contributed by atoms with Crippen LogP contribution in [-0.4, -0.2) is 54.4 Å². The first-order chi connectivity index (χ1) is 17.7. The summed E-state index contributed by atoms with van der Waals surface area (Å²) >= 11 is 0. The number of halogens is 3. The third kappa shape index (κ3) is 6.53. The summed E-state index contributed by atoms with van der Waals surface area (Å²) in [5, 5.41) is 12.9. The molecule has 3 rings (SSSR count). The SMILES string of the molecule is COc1c(C(=O)N(C)C)cc(-c2ccc(NCc3cccc(OC(F)(F)F)c3)nc2)cc1C(C)(C)C(=O)O. The normalized spacial score (nSPS) is 11.6. The summed E-state index contributed by atoms with van der Waals surface area (Å²) in [4.78, 5) is 30.7. The molecule has 0 aliphatic carbocycles. The van der Waals surface area contributed by atoms with Crippen molar-refractivity contribution in [2.24, 2.45) is 0 Å². The van der Waals surface area contributed by atoms with Crippen molar-refractivity contribution >= 4 is 17.7 Å². The Balaban J connectivity index is 1.91. The van der Waals surface area contributed by atoms with Crippen molar-refractivity contribution < 1.29 is 37.3 Å². The van der Waals surface area contributed by atoms with Gasteiger partial charge in [-0.1, -0.05) is 12.1 Å². The van der Waals surface area contributed by atoms with Crippen LogP contribution in [0.3, 0.4) is 0 Å². The molecule has 0 aliphatic heterocycles. The van der Waals surface area contributed by atoms with Crippen molar-refractivity contribution in [3.63, 3.8) is 0 Å². The first-order valence-electron chi connectivity index (χ1n) is 11.5. The molecule has 38 heavy (non-hydrogen) atoms. The van der Waals surface area contributed by atoms with Gasteiger partial charge in [0.05, 0.1) is 18.1 Å². The van der Waals surface area contributed by atoms with Gasteiger partial charge in [-0.05, 0) is 61.4 Å². The molecule has 0 radical (unpaired) electrons. The molecule has 2 N–H and O–H groups in total. The number of aliphatic carboxylic acids is 1. The molecular formula is C27H28F3N3O5. The van der Waals surface area contributed by atoms with Crippen molar-refractivity contribution in [2.45, 2.75) is 32.2 Å². The highest BCUT2D eigenvalue weighted by Gasteiger charge is 2.35. The summed E-state index contributed by atoms with van der Waals surface area (Å²) in [7, 11) is 4.56. The lowest BCUT2D eigenvalue weighted by Crippen LogP contribution is -2.30. The Kier molecular flexibility index (Phi) is 8.19. The van der Waals surface area contributed by atoms with E-state index in [9.17, 15) is 27.9 Å². The molecular weight excluding hydrogens is 503 g/mol. The van der Waals surface area contributed by atoms with Crippen molar-refractivity contribution in [2.75, 3.05) is 26.5 Å². The maximum absolute atomic E-state index is 12.9. The fraction of sp³-hybridized carbons (Fsp3) is 0.296. The molecule has 0 saturated heterocycles. The number of amides is 1. The number of alkyl halides is 3. The van der Waals surface area contributed by atoms with E-state index in [1.165, 1.54) is 44.1 Å². The summed E-state index contributed by atoms with van der Waals surface area (Å²) in [5.41, 5.74) is 0.925. The number of carbonyl (C=O) groups excluding carboxylic acids is 1. The van der Waals surface area contributed by atoms with Crippen LogP contribution in [0.1, 0.15) is 35.3 Å². The fourth-order valence-electron chi connectivity index (χ4n) is 3.71. The number of anilines is 1. The van der Waals surface area contributed by atoms with Crippen molar-refractivity contribution in [3.05, 3.63) is 71.4 Å². The quantitative estimate of drug-likeness (QED) is 0.385. The molecule has 0 bridgehead atoms. The Labute approximate surface area is 218 Å². The van der Waals surface area contributed by atoms with Crippen LogP contribution in [0.2, 0.25) is 0 Å². The number of rotatable bonds is 9. The predicted octanol–water partition coefficient (Wildman–Crippen LogP) is 5.33. The number of ether oxygens (including phenoxy) is 2. The highest BCUT2D eigenvalue weighted by Crippen LogP contribution is 2.39. The molecule has 8 nitrogen and oxygen atoms in total. The summed E-state index contributed by atoms with van der Waals surface area (Å²) < 4.78 is 46.9. The topological polar surface area (TPSA) is 101 Å². The van der Waals surface area contributed by atoms with Gasteiger partial charge in [-0.15, -0.1) is 13.2 Å². The van der Waals surface area contributed by atoms with Crippen molar-refractivity contribution in [3.8, 4) is 22.6 Å². The molecule has 202 valence electrons. The molecule has 1 amide bonds. The van der Waals surface area contributed by atoms with Gasteiger partial charge in [0.25, 0.3) is 5.91 Å². The fourth-order valence-corrected chi connectivity index (χ4v) is 3.71. The van der Waals surface area contributed by atoms with Gasteiger partial charge in [0.2, 0.25) is 0 Å². The maximum Gasteiger partial charge on any atom is 0.573 e. The highest BCUT2D eigenvalue weighted by molar-refractivity contribution is 5.99. The standard InChI is InChI=1S/C27H28F3N3O5/c1-26(2,25(35)36)21-13-18(12-20(23(21)37-5)24(34)33(3)4)17-9-10-22(32-15-17)31-14-16-7-6-8-19(11-16)38-27(28,29)30/h6-13,15H,14H2,1-5H3,(H,31,32)(H,35,36). The second kappa shape index (κ2) is 11.0. The lowest BCUT2D eigenvalue weighted by atomic mass is 9.81. The smallest absolute Gasteiger partial charge is 0.496 e. The monoisotopic (exact) mass is 531 g/mol. The minimum absolute atomic E-state index is 0.183.